The van der Waals surface area contributed by atoms with Crippen LogP contribution in [-0.4, -0.2) is 22.7 Å². The van der Waals surface area contributed by atoms with Gasteiger partial charge in [0.05, 0.1) is 0 Å². The van der Waals surface area contributed by atoms with Crippen LogP contribution in [0.5, 0.6) is 0 Å². The summed E-state index contributed by atoms with van der Waals surface area (Å²) < 4.78 is 1.33. The number of hydrogen-bond acceptors (Lipinski definition) is 3. The molecule has 0 saturated heterocycles. The lowest BCUT2D eigenvalue weighted by molar-refractivity contribution is 0.0955. The lowest BCUT2D eigenvalue weighted by Crippen LogP contribution is -2.27. The van der Waals surface area contributed by atoms with Crippen LogP contribution >= 0.6 is 0 Å². The van der Waals surface area contributed by atoms with Crippen molar-refractivity contribution in [2.75, 3.05) is 7.05 Å². The average molecular weight is 209 g/mol. The predicted molar refractivity (Wildman–Crippen MR) is 56.8 cm³/mol. The largest absolute Gasteiger partial charge is 0.354 e. The Balaban J connectivity index is 2.95. The normalized spacial score (nSPS) is 10.0. The molecule has 1 aromatic heterocycles. The predicted octanol–water partition coefficient (Wildman–Crippen LogP) is 0.403. The van der Waals surface area contributed by atoms with E-state index in [0.29, 0.717) is 6.54 Å². The monoisotopic (exact) mass is 209 g/mol. The molecule has 15 heavy (non-hydrogen) atoms. The summed E-state index contributed by atoms with van der Waals surface area (Å²) in [7, 11) is 1.53. The first-order valence-corrected chi connectivity index (χ1v) is 4.99. The summed E-state index contributed by atoms with van der Waals surface area (Å²) in [5.74, 6) is -0.278. The van der Waals surface area contributed by atoms with Crippen LogP contribution in [0.2, 0.25) is 0 Å². The summed E-state index contributed by atoms with van der Waals surface area (Å²) in [5.41, 5.74) is 0.101. The van der Waals surface area contributed by atoms with Gasteiger partial charge in [-0.1, -0.05) is 13.3 Å². The highest BCUT2D eigenvalue weighted by atomic mass is 16.2. The zero-order valence-electron chi connectivity index (χ0n) is 8.99. The molecule has 0 radical (unpaired) electrons. The molecule has 5 nitrogen and oxygen atoms in total. The van der Waals surface area contributed by atoms with Crippen molar-refractivity contribution in [1.29, 1.82) is 0 Å². The van der Waals surface area contributed by atoms with E-state index in [2.05, 4.69) is 10.4 Å². The number of nitrogens with one attached hydrogen (secondary N) is 1. The van der Waals surface area contributed by atoms with Crippen LogP contribution in [-0.2, 0) is 6.54 Å². The molecule has 82 valence electrons. The number of aryl methyl sites for hydroxylation is 1. The van der Waals surface area contributed by atoms with E-state index in [-0.39, 0.29) is 17.2 Å². The van der Waals surface area contributed by atoms with E-state index in [1.807, 2.05) is 6.92 Å². The Hall–Kier alpha value is -1.65. The van der Waals surface area contributed by atoms with Crippen molar-refractivity contribution in [1.82, 2.24) is 15.1 Å². The summed E-state index contributed by atoms with van der Waals surface area (Å²) >= 11 is 0. The first-order valence-electron chi connectivity index (χ1n) is 4.99. The van der Waals surface area contributed by atoms with E-state index < -0.39 is 0 Å². The highest BCUT2D eigenvalue weighted by Gasteiger charge is 2.06. The Morgan fingerprint density at radius 2 is 2.27 bits per heavy atom. The van der Waals surface area contributed by atoms with Crippen molar-refractivity contribution in [3.8, 4) is 0 Å². The van der Waals surface area contributed by atoms with Crippen LogP contribution in [0, 0.1) is 0 Å². The smallest absolute Gasteiger partial charge is 0.271 e. The van der Waals surface area contributed by atoms with Crippen molar-refractivity contribution >= 4 is 5.91 Å². The molecule has 1 amide bonds. The Bertz CT molecular complexity index is 398. The number of rotatable bonds is 4. The fourth-order valence-corrected chi connectivity index (χ4v) is 1.17. The number of unbranched alkanes of at least 4 members (excludes halogenated alkanes) is 1. The van der Waals surface area contributed by atoms with Gasteiger partial charge in [-0.2, -0.15) is 5.10 Å². The van der Waals surface area contributed by atoms with Gasteiger partial charge in [0.15, 0.2) is 0 Å². The van der Waals surface area contributed by atoms with Gasteiger partial charge in [-0.25, -0.2) is 4.68 Å². The molecule has 0 aromatic carbocycles. The third-order valence-electron chi connectivity index (χ3n) is 2.05. The Kier molecular flexibility index (Phi) is 4.03. The quantitative estimate of drug-likeness (QED) is 0.780. The molecule has 5 heteroatoms. The Morgan fingerprint density at radius 3 is 2.87 bits per heavy atom. The minimum Gasteiger partial charge on any atom is -0.354 e. The fourth-order valence-electron chi connectivity index (χ4n) is 1.17. The number of nitrogens with zero attached hydrogens (tertiary/aromatic N) is 2. The van der Waals surface area contributed by atoms with Gasteiger partial charge >= 0.3 is 0 Å². The van der Waals surface area contributed by atoms with Gasteiger partial charge in [-0.15, -0.1) is 0 Å². The van der Waals surface area contributed by atoms with Crippen molar-refractivity contribution < 1.29 is 4.79 Å². The SMILES string of the molecule is CCCCn1nc(C(=O)NC)ccc1=O. The van der Waals surface area contributed by atoms with Crippen molar-refractivity contribution in [2.45, 2.75) is 26.3 Å². The Morgan fingerprint density at radius 1 is 1.53 bits per heavy atom. The molecule has 1 N–H and O–H groups in total. The maximum absolute atomic E-state index is 11.4. The van der Waals surface area contributed by atoms with Gasteiger partial charge in [0.25, 0.3) is 11.5 Å². The number of amides is 1. The molecule has 1 aromatic rings. The molecular weight excluding hydrogens is 194 g/mol. The van der Waals surface area contributed by atoms with Crippen LogP contribution in [0.15, 0.2) is 16.9 Å². The maximum Gasteiger partial charge on any atom is 0.271 e. The van der Waals surface area contributed by atoms with Crippen LogP contribution in [0.3, 0.4) is 0 Å². The summed E-state index contributed by atoms with van der Waals surface area (Å²) in [4.78, 5) is 22.6. The highest BCUT2D eigenvalue weighted by molar-refractivity contribution is 5.91. The minimum absolute atomic E-state index is 0.170. The second-order valence-electron chi connectivity index (χ2n) is 3.21. The summed E-state index contributed by atoms with van der Waals surface area (Å²) in [6.45, 7) is 2.59. The van der Waals surface area contributed by atoms with Crippen molar-refractivity contribution in [3.05, 3.63) is 28.2 Å². The number of hydrogen-bond donors (Lipinski definition) is 1. The highest BCUT2D eigenvalue weighted by Crippen LogP contribution is 1.93. The van der Waals surface area contributed by atoms with Crippen LogP contribution in [0.4, 0.5) is 0 Å². The van der Waals surface area contributed by atoms with Gasteiger partial charge in [0.1, 0.15) is 5.69 Å². The molecule has 0 atom stereocenters. The third-order valence-corrected chi connectivity index (χ3v) is 2.05. The van der Waals surface area contributed by atoms with Crippen molar-refractivity contribution in [2.24, 2.45) is 0 Å². The fraction of sp³-hybridized carbons (Fsp3) is 0.500. The number of carbonyl (C=O) groups excluding carboxylic acids is 1. The standard InChI is InChI=1S/C10H15N3O2/c1-3-4-7-13-9(14)6-5-8(12-13)10(15)11-2/h5-6H,3-4,7H2,1-2H3,(H,11,15). The second kappa shape index (κ2) is 5.29. The lowest BCUT2D eigenvalue weighted by atomic mass is 10.3. The molecule has 0 bridgehead atoms. The zero-order chi connectivity index (χ0) is 11.3. The molecule has 0 unspecified atom stereocenters. The van der Waals surface area contributed by atoms with Crippen LogP contribution < -0.4 is 10.9 Å². The number of aromatic nitrogens is 2. The molecule has 1 rings (SSSR count). The first-order chi connectivity index (χ1) is 7.19. The topological polar surface area (TPSA) is 64.0 Å². The van der Waals surface area contributed by atoms with Gasteiger partial charge in [-0.05, 0) is 12.5 Å². The third kappa shape index (κ3) is 2.90. The summed E-state index contributed by atoms with van der Waals surface area (Å²) in [5, 5.41) is 6.44. The van der Waals surface area contributed by atoms with Gasteiger partial charge in [0.2, 0.25) is 0 Å². The Labute approximate surface area is 88.1 Å². The molecule has 0 saturated carbocycles. The van der Waals surface area contributed by atoms with E-state index in [0.717, 1.165) is 12.8 Å². The van der Waals surface area contributed by atoms with Crippen LogP contribution in [0.25, 0.3) is 0 Å². The lowest BCUT2D eigenvalue weighted by Gasteiger charge is -2.04. The molecule has 0 aliphatic heterocycles. The van der Waals surface area contributed by atoms with Gasteiger partial charge in [-0.3, -0.25) is 9.59 Å². The van der Waals surface area contributed by atoms with Crippen molar-refractivity contribution in [3.63, 3.8) is 0 Å². The second-order valence-corrected chi connectivity index (χ2v) is 3.21. The first kappa shape index (κ1) is 11.4. The van der Waals surface area contributed by atoms with E-state index >= 15 is 0 Å². The molecule has 1 heterocycles. The summed E-state index contributed by atoms with van der Waals surface area (Å²) in [6.07, 6.45) is 1.86. The average Bonchev–Trinajstić information content (AvgIpc) is 2.27. The molecule has 0 fully saturated rings. The van der Waals surface area contributed by atoms with E-state index in [1.165, 1.54) is 23.9 Å². The maximum atomic E-state index is 11.4. The van der Waals surface area contributed by atoms with Gasteiger partial charge < -0.3 is 5.32 Å². The minimum atomic E-state index is -0.278. The zero-order valence-corrected chi connectivity index (χ0v) is 8.99. The molecular formula is C10H15N3O2. The van der Waals surface area contributed by atoms with E-state index in [4.69, 9.17) is 0 Å². The molecule has 0 aliphatic carbocycles. The van der Waals surface area contributed by atoms with Crippen LogP contribution in [0.1, 0.15) is 30.3 Å². The summed E-state index contributed by atoms with van der Waals surface area (Å²) in [6, 6.07) is 2.80. The van der Waals surface area contributed by atoms with E-state index in [1.54, 1.807) is 0 Å². The molecule has 0 aliphatic rings. The van der Waals surface area contributed by atoms with Gasteiger partial charge in [0, 0.05) is 19.7 Å². The number of carbonyl (C=O) groups is 1. The van der Waals surface area contributed by atoms with E-state index in [9.17, 15) is 9.59 Å². The molecule has 0 spiro atoms.